The predicted octanol–water partition coefficient (Wildman–Crippen LogP) is 1.10. The fourth-order valence-electron chi connectivity index (χ4n) is 1.45. The summed E-state index contributed by atoms with van der Waals surface area (Å²) >= 11 is 0. The highest BCUT2D eigenvalue weighted by Crippen LogP contribution is 2.35. The highest BCUT2D eigenvalue weighted by Gasteiger charge is 2.32. The standard InChI is InChI=1S/C11H13F3O4/c1-18-9-3-2-6(11(12,13)14)4-7(9)10(17)8(16)5-15/h2-4,8,10,15-17H,5H2,1H3. The maximum Gasteiger partial charge on any atom is 0.416 e. The number of alkyl halides is 3. The molecule has 0 amide bonds. The van der Waals surface area contributed by atoms with Crippen LogP contribution in [0.1, 0.15) is 17.2 Å². The van der Waals surface area contributed by atoms with Gasteiger partial charge in [-0.1, -0.05) is 0 Å². The summed E-state index contributed by atoms with van der Waals surface area (Å²) in [6, 6.07) is 2.54. The summed E-state index contributed by atoms with van der Waals surface area (Å²) in [5.74, 6) is 0.00278. The normalized spacial score (nSPS) is 15.3. The molecule has 1 aromatic carbocycles. The van der Waals surface area contributed by atoms with Gasteiger partial charge in [-0.25, -0.2) is 0 Å². The van der Waals surface area contributed by atoms with Crippen molar-refractivity contribution < 1.29 is 33.2 Å². The molecule has 0 radical (unpaired) electrons. The van der Waals surface area contributed by atoms with E-state index in [1.807, 2.05) is 0 Å². The summed E-state index contributed by atoms with van der Waals surface area (Å²) < 4.78 is 42.4. The Labute approximate surface area is 101 Å². The molecule has 0 bridgehead atoms. The lowest BCUT2D eigenvalue weighted by Gasteiger charge is -2.20. The van der Waals surface area contributed by atoms with Gasteiger partial charge >= 0.3 is 6.18 Å². The lowest BCUT2D eigenvalue weighted by Crippen LogP contribution is -2.23. The third-order valence-corrected chi connectivity index (χ3v) is 2.43. The first-order valence-corrected chi connectivity index (χ1v) is 5.03. The fourth-order valence-corrected chi connectivity index (χ4v) is 1.45. The van der Waals surface area contributed by atoms with E-state index in [0.29, 0.717) is 6.07 Å². The number of methoxy groups -OCH3 is 1. The molecule has 102 valence electrons. The Morgan fingerprint density at radius 2 is 1.89 bits per heavy atom. The van der Waals surface area contributed by atoms with Crippen LogP contribution in [0.25, 0.3) is 0 Å². The molecule has 0 saturated heterocycles. The molecular weight excluding hydrogens is 253 g/mol. The van der Waals surface area contributed by atoms with Gasteiger partial charge < -0.3 is 20.1 Å². The Balaban J connectivity index is 3.22. The van der Waals surface area contributed by atoms with E-state index in [9.17, 15) is 23.4 Å². The minimum atomic E-state index is -4.56. The summed E-state index contributed by atoms with van der Waals surface area (Å²) in [5.41, 5.74) is -1.20. The smallest absolute Gasteiger partial charge is 0.416 e. The lowest BCUT2D eigenvalue weighted by atomic mass is 10.0. The summed E-state index contributed by atoms with van der Waals surface area (Å²) in [6.07, 6.45) is -7.81. The van der Waals surface area contributed by atoms with Gasteiger partial charge in [-0.05, 0) is 18.2 Å². The molecule has 7 heteroatoms. The fraction of sp³-hybridized carbons (Fsp3) is 0.455. The van der Waals surface area contributed by atoms with Crippen molar-refractivity contribution in [2.75, 3.05) is 13.7 Å². The van der Waals surface area contributed by atoms with Crippen LogP contribution in [0, 0.1) is 0 Å². The van der Waals surface area contributed by atoms with Crippen LogP contribution < -0.4 is 4.74 Å². The summed E-state index contributed by atoms with van der Waals surface area (Å²) in [5, 5.41) is 27.6. The molecule has 0 spiro atoms. The molecule has 2 atom stereocenters. The van der Waals surface area contributed by atoms with Gasteiger partial charge in [0.1, 0.15) is 18.0 Å². The topological polar surface area (TPSA) is 69.9 Å². The maximum atomic E-state index is 12.5. The largest absolute Gasteiger partial charge is 0.496 e. The van der Waals surface area contributed by atoms with Gasteiger partial charge in [-0.2, -0.15) is 13.2 Å². The Morgan fingerprint density at radius 1 is 1.28 bits per heavy atom. The van der Waals surface area contributed by atoms with Crippen LogP contribution in [0.3, 0.4) is 0 Å². The van der Waals surface area contributed by atoms with Gasteiger partial charge in [0, 0.05) is 5.56 Å². The molecule has 0 saturated carbocycles. The SMILES string of the molecule is COc1ccc(C(F)(F)F)cc1C(O)C(O)CO. The molecule has 1 aromatic rings. The number of halogens is 3. The van der Waals surface area contributed by atoms with Crippen LogP contribution in [-0.4, -0.2) is 35.1 Å². The van der Waals surface area contributed by atoms with E-state index >= 15 is 0 Å². The Hall–Kier alpha value is -1.31. The van der Waals surface area contributed by atoms with Crippen molar-refractivity contribution in [2.45, 2.75) is 18.4 Å². The summed E-state index contributed by atoms with van der Waals surface area (Å²) in [6.45, 7) is -0.777. The first-order chi connectivity index (χ1) is 8.31. The molecule has 2 unspecified atom stereocenters. The molecule has 18 heavy (non-hydrogen) atoms. The monoisotopic (exact) mass is 266 g/mol. The van der Waals surface area contributed by atoms with Crippen molar-refractivity contribution in [3.05, 3.63) is 29.3 Å². The lowest BCUT2D eigenvalue weighted by molar-refractivity contribution is -0.137. The molecule has 3 N–H and O–H groups in total. The minimum Gasteiger partial charge on any atom is -0.496 e. The second-order valence-electron chi connectivity index (χ2n) is 3.65. The predicted molar refractivity (Wildman–Crippen MR) is 56.0 cm³/mol. The van der Waals surface area contributed by atoms with E-state index in [4.69, 9.17) is 9.84 Å². The molecule has 0 fully saturated rings. The average Bonchev–Trinajstić information content (AvgIpc) is 2.35. The third kappa shape index (κ3) is 3.12. The number of hydrogen-bond donors (Lipinski definition) is 3. The van der Waals surface area contributed by atoms with Crippen LogP contribution >= 0.6 is 0 Å². The number of hydrogen-bond acceptors (Lipinski definition) is 4. The maximum absolute atomic E-state index is 12.5. The van der Waals surface area contributed by atoms with Crippen LogP contribution in [0.15, 0.2) is 18.2 Å². The van der Waals surface area contributed by atoms with Crippen LogP contribution in [0.4, 0.5) is 13.2 Å². The van der Waals surface area contributed by atoms with Gasteiger partial charge in [0.05, 0.1) is 19.3 Å². The molecule has 0 aliphatic carbocycles. The van der Waals surface area contributed by atoms with Gasteiger partial charge in [0.2, 0.25) is 0 Å². The Kier molecular flexibility index (Phi) is 4.55. The van der Waals surface area contributed by atoms with Crippen LogP contribution in [-0.2, 0) is 6.18 Å². The highest BCUT2D eigenvalue weighted by atomic mass is 19.4. The zero-order valence-electron chi connectivity index (χ0n) is 9.48. The second-order valence-corrected chi connectivity index (χ2v) is 3.65. The number of rotatable bonds is 4. The van der Waals surface area contributed by atoms with E-state index in [0.717, 1.165) is 12.1 Å². The van der Waals surface area contributed by atoms with Crippen molar-refractivity contribution in [1.29, 1.82) is 0 Å². The van der Waals surface area contributed by atoms with Gasteiger partial charge in [-0.3, -0.25) is 0 Å². The van der Waals surface area contributed by atoms with E-state index in [2.05, 4.69) is 0 Å². The van der Waals surface area contributed by atoms with Crippen molar-refractivity contribution in [2.24, 2.45) is 0 Å². The molecule has 0 aliphatic heterocycles. The molecule has 0 aromatic heterocycles. The Morgan fingerprint density at radius 3 is 2.33 bits per heavy atom. The average molecular weight is 266 g/mol. The molecule has 0 heterocycles. The van der Waals surface area contributed by atoms with Crippen molar-refractivity contribution in [3.8, 4) is 5.75 Å². The van der Waals surface area contributed by atoms with E-state index in [1.165, 1.54) is 7.11 Å². The number of aliphatic hydroxyl groups excluding tert-OH is 3. The summed E-state index contributed by atoms with van der Waals surface area (Å²) in [4.78, 5) is 0. The first kappa shape index (κ1) is 14.7. The highest BCUT2D eigenvalue weighted by molar-refractivity contribution is 5.40. The van der Waals surface area contributed by atoms with E-state index in [-0.39, 0.29) is 11.3 Å². The van der Waals surface area contributed by atoms with Crippen molar-refractivity contribution in [1.82, 2.24) is 0 Å². The second kappa shape index (κ2) is 5.55. The number of ether oxygens (including phenoxy) is 1. The van der Waals surface area contributed by atoms with Crippen molar-refractivity contribution >= 4 is 0 Å². The third-order valence-electron chi connectivity index (χ3n) is 2.43. The summed E-state index contributed by atoms with van der Waals surface area (Å²) in [7, 11) is 1.23. The van der Waals surface area contributed by atoms with Gasteiger partial charge in [0.25, 0.3) is 0 Å². The van der Waals surface area contributed by atoms with E-state index < -0.39 is 30.6 Å². The van der Waals surface area contributed by atoms with Crippen molar-refractivity contribution in [3.63, 3.8) is 0 Å². The molecular formula is C11H13F3O4. The zero-order chi connectivity index (χ0) is 13.9. The van der Waals surface area contributed by atoms with Crippen LogP contribution in [0.2, 0.25) is 0 Å². The molecule has 4 nitrogen and oxygen atoms in total. The Bertz CT molecular complexity index is 406. The minimum absolute atomic E-state index is 0.00278. The number of benzene rings is 1. The van der Waals surface area contributed by atoms with Gasteiger partial charge in [0.15, 0.2) is 0 Å². The van der Waals surface area contributed by atoms with E-state index in [1.54, 1.807) is 0 Å². The quantitative estimate of drug-likeness (QED) is 0.763. The van der Waals surface area contributed by atoms with Crippen LogP contribution in [0.5, 0.6) is 5.75 Å². The number of aliphatic hydroxyl groups is 3. The molecule has 1 rings (SSSR count). The zero-order valence-corrected chi connectivity index (χ0v) is 9.48. The van der Waals surface area contributed by atoms with Gasteiger partial charge in [-0.15, -0.1) is 0 Å². The first-order valence-electron chi connectivity index (χ1n) is 5.03. The molecule has 0 aliphatic rings.